The fourth-order valence-electron chi connectivity index (χ4n) is 3.48. The Morgan fingerprint density at radius 1 is 1.19 bits per heavy atom. The predicted molar refractivity (Wildman–Crippen MR) is 101 cm³/mol. The van der Waals surface area contributed by atoms with Gasteiger partial charge in [0.1, 0.15) is 6.04 Å². The van der Waals surface area contributed by atoms with Gasteiger partial charge in [-0.25, -0.2) is 0 Å². The van der Waals surface area contributed by atoms with Gasteiger partial charge in [-0.05, 0) is 19.2 Å². The van der Waals surface area contributed by atoms with Gasteiger partial charge in [-0.3, -0.25) is 14.5 Å². The number of aliphatic carboxylic acids is 2. The third kappa shape index (κ3) is 3.92. The van der Waals surface area contributed by atoms with Crippen LogP contribution in [0.4, 0.5) is 0 Å². The number of aromatic nitrogens is 1. The largest absolute Gasteiger partial charge is 0.481 e. The molecule has 1 fully saturated rings. The minimum atomic E-state index is -0.880. The lowest BCUT2D eigenvalue weighted by Crippen LogP contribution is -2.47. The van der Waals surface area contributed by atoms with E-state index in [1.54, 1.807) is 6.20 Å². The molecular formula is C18H22BrN3O4. The summed E-state index contributed by atoms with van der Waals surface area (Å²) in [5, 5.41) is 19.8. The van der Waals surface area contributed by atoms with Crippen molar-refractivity contribution in [2.75, 3.05) is 33.2 Å². The highest BCUT2D eigenvalue weighted by Crippen LogP contribution is 2.33. The molecular weight excluding hydrogens is 402 g/mol. The third-order valence-electron chi connectivity index (χ3n) is 4.87. The summed E-state index contributed by atoms with van der Waals surface area (Å²) in [4.78, 5) is 27.2. The van der Waals surface area contributed by atoms with E-state index in [4.69, 9.17) is 5.11 Å². The van der Waals surface area contributed by atoms with E-state index in [1.165, 1.54) is 0 Å². The summed E-state index contributed by atoms with van der Waals surface area (Å²) >= 11 is 3.44. The summed E-state index contributed by atoms with van der Waals surface area (Å²) in [6, 6.07) is 4.95. The second kappa shape index (κ2) is 7.77. The standard InChI is InChI=1S/C18H22BrN3O4/c1-20-6-8-21(9-7-20)17(18(25)26)14-11-22(5-4-16(23)24)15-10-12(19)2-3-13(14)15/h2-3,10-11,17H,4-9H2,1H3,(H,23,24)(H,25,26). The number of benzene rings is 1. The van der Waals surface area contributed by atoms with Crippen LogP contribution in [0.5, 0.6) is 0 Å². The Bertz CT molecular complexity index is 827. The quantitative estimate of drug-likeness (QED) is 0.740. The van der Waals surface area contributed by atoms with Gasteiger partial charge in [-0.1, -0.05) is 22.0 Å². The van der Waals surface area contributed by atoms with Crippen LogP contribution in [0, 0.1) is 0 Å². The number of likely N-dealkylation sites (N-methyl/N-ethyl adjacent to an activating group) is 1. The monoisotopic (exact) mass is 423 g/mol. The zero-order valence-electron chi connectivity index (χ0n) is 14.6. The smallest absolute Gasteiger partial charge is 0.325 e. The maximum Gasteiger partial charge on any atom is 0.325 e. The van der Waals surface area contributed by atoms with Crippen molar-refractivity contribution in [3.05, 3.63) is 34.4 Å². The summed E-state index contributed by atoms with van der Waals surface area (Å²) in [5.74, 6) is -1.76. The van der Waals surface area contributed by atoms with Crippen molar-refractivity contribution in [2.24, 2.45) is 0 Å². The molecule has 140 valence electrons. The van der Waals surface area contributed by atoms with E-state index < -0.39 is 18.0 Å². The van der Waals surface area contributed by atoms with Gasteiger partial charge in [-0.15, -0.1) is 0 Å². The Labute approximate surface area is 159 Å². The zero-order chi connectivity index (χ0) is 18.8. The lowest BCUT2D eigenvalue weighted by atomic mass is 10.0. The molecule has 1 aliphatic heterocycles. The Morgan fingerprint density at radius 3 is 2.50 bits per heavy atom. The lowest BCUT2D eigenvalue weighted by molar-refractivity contribution is -0.144. The molecule has 1 saturated heterocycles. The van der Waals surface area contributed by atoms with E-state index in [-0.39, 0.29) is 6.42 Å². The van der Waals surface area contributed by atoms with Crippen molar-refractivity contribution in [1.29, 1.82) is 0 Å². The molecule has 8 heteroatoms. The summed E-state index contributed by atoms with van der Waals surface area (Å²) in [6.07, 6.45) is 1.79. The average Bonchev–Trinajstić information content (AvgIpc) is 2.92. The van der Waals surface area contributed by atoms with Crippen molar-refractivity contribution in [3.63, 3.8) is 0 Å². The van der Waals surface area contributed by atoms with Gasteiger partial charge in [0.2, 0.25) is 0 Å². The molecule has 2 heterocycles. The molecule has 1 unspecified atom stereocenters. The molecule has 1 aromatic carbocycles. The van der Waals surface area contributed by atoms with Gasteiger partial charge in [0.05, 0.1) is 6.42 Å². The van der Waals surface area contributed by atoms with Crippen LogP contribution in [0.1, 0.15) is 18.0 Å². The minimum absolute atomic E-state index is 0.0119. The van der Waals surface area contributed by atoms with Crippen LogP contribution >= 0.6 is 15.9 Å². The number of fused-ring (bicyclic) bond motifs is 1. The number of hydrogen-bond acceptors (Lipinski definition) is 4. The number of aryl methyl sites for hydroxylation is 1. The molecule has 1 aromatic heterocycles. The van der Waals surface area contributed by atoms with Gasteiger partial charge in [0.25, 0.3) is 0 Å². The summed E-state index contributed by atoms with van der Waals surface area (Å²) in [6.45, 7) is 3.33. The molecule has 0 spiro atoms. The fourth-order valence-corrected chi connectivity index (χ4v) is 3.83. The Hall–Kier alpha value is -1.90. The lowest BCUT2D eigenvalue weighted by Gasteiger charge is -2.36. The number of nitrogens with zero attached hydrogens (tertiary/aromatic N) is 3. The number of carbonyl (C=O) groups is 2. The number of carboxylic acid groups (broad SMARTS) is 2. The van der Waals surface area contributed by atoms with Crippen LogP contribution in [0.3, 0.4) is 0 Å². The summed E-state index contributed by atoms with van der Waals surface area (Å²) in [7, 11) is 2.03. The van der Waals surface area contributed by atoms with Crippen LogP contribution < -0.4 is 0 Å². The molecule has 0 aliphatic carbocycles. The maximum atomic E-state index is 12.1. The second-order valence-electron chi connectivity index (χ2n) is 6.66. The van der Waals surface area contributed by atoms with Crippen molar-refractivity contribution in [2.45, 2.75) is 19.0 Å². The van der Waals surface area contributed by atoms with Crippen LogP contribution in [-0.2, 0) is 16.1 Å². The van der Waals surface area contributed by atoms with Gasteiger partial charge in [0, 0.05) is 59.9 Å². The molecule has 0 amide bonds. The van der Waals surface area contributed by atoms with E-state index >= 15 is 0 Å². The van der Waals surface area contributed by atoms with E-state index in [0.29, 0.717) is 19.6 Å². The van der Waals surface area contributed by atoms with E-state index in [9.17, 15) is 14.7 Å². The van der Waals surface area contributed by atoms with Crippen molar-refractivity contribution in [3.8, 4) is 0 Å². The van der Waals surface area contributed by atoms with E-state index in [0.717, 1.165) is 34.0 Å². The SMILES string of the molecule is CN1CCN(C(C(=O)O)c2cn(CCC(=O)O)c3cc(Br)ccc23)CC1. The number of piperazine rings is 1. The van der Waals surface area contributed by atoms with E-state index in [2.05, 4.69) is 20.8 Å². The van der Waals surface area contributed by atoms with Gasteiger partial charge >= 0.3 is 11.9 Å². The Morgan fingerprint density at radius 2 is 1.88 bits per heavy atom. The zero-order valence-corrected chi connectivity index (χ0v) is 16.1. The molecule has 0 bridgehead atoms. The Balaban J connectivity index is 2.03. The highest BCUT2D eigenvalue weighted by Gasteiger charge is 2.32. The highest BCUT2D eigenvalue weighted by molar-refractivity contribution is 9.10. The molecule has 2 N–H and O–H groups in total. The van der Waals surface area contributed by atoms with Gasteiger partial charge < -0.3 is 19.7 Å². The maximum absolute atomic E-state index is 12.1. The highest BCUT2D eigenvalue weighted by atomic mass is 79.9. The number of halogens is 1. The summed E-state index contributed by atoms with van der Waals surface area (Å²) in [5.41, 5.74) is 1.56. The third-order valence-corrected chi connectivity index (χ3v) is 5.37. The molecule has 1 aliphatic rings. The van der Waals surface area contributed by atoms with Crippen LogP contribution in [-0.4, -0.2) is 69.7 Å². The first-order valence-corrected chi connectivity index (χ1v) is 9.31. The van der Waals surface area contributed by atoms with Crippen LogP contribution in [0.15, 0.2) is 28.9 Å². The van der Waals surface area contributed by atoms with Crippen LogP contribution in [0.2, 0.25) is 0 Å². The normalized spacial score (nSPS) is 17.5. The number of rotatable bonds is 6. The van der Waals surface area contributed by atoms with Gasteiger partial charge in [0.15, 0.2) is 0 Å². The van der Waals surface area contributed by atoms with Crippen molar-refractivity contribution in [1.82, 2.24) is 14.4 Å². The number of carboxylic acids is 2. The molecule has 3 rings (SSSR count). The van der Waals surface area contributed by atoms with Crippen molar-refractivity contribution >= 4 is 38.8 Å². The predicted octanol–water partition coefficient (Wildman–Crippen LogP) is 2.25. The Kier molecular flexibility index (Phi) is 5.64. The first kappa shape index (κ1) is 18.9. The number of hydrogen-bond donors (Lipinski definition) is 2. The van der Waals surface area contributed by atoms with Gasteiger partial charge in [-0.2, -0.15) is 0 Å². The molecule has 0 saturated carbocycles. The minimum Gasteiger partial charge on any atom is -0.481 e. The molecule has 0 radical (unpaired) electrons. The summed E-state index contributed by atoms with van der Waals surface area (Å²) < 4.78 is 2.72. The van der Waals surface area contributed by atoms with E-state index in [1.807, 2.05) is 34.7 Å². The van der Waals surface area contributed by atoms with Crippen LogP contribution in [0.25, 0.3) is 10.9 Å². The first-order chi connectivity index (χ1) is 12.4. The fraction of sp³-hybridized carbons (Fsp3) is 0.444. The molecule has 1 atom stereocenters. The second-order valence-corrected chi connectivity index (χ2v) is 7.58. The molecule has 7 nitrogen and oxygen atoms in total. The topological polar surface area (TPSA) is 86.0 Å². The molecule has 26 heavy (non-hydrogen) atoms. The van der Waals surface area contributed by atoms with Crippen molar-refractivity contribution < 1.29 is 19.8 Å². The average molecular weight is 424 g/mol. The molecule has 2 aromatic rings. The first-order valence-electron chi connectivity index (χ1n) is 8.52.